The summed E-state index contributed by atoms with van der Waals surface area (Å²) in [6.45, 7) is 6.32. The molecule has 1 fully saturated rings. The van der Waals surface area contributed by atoms with E-state index in [-0.39, 0.29) is 24.8 Å². The monoisotopic (exact) mass is 478 g/mol. The Bertz CT molecular complexity index is 1180. The van der Waals surface area contributed by atoms with Crippen LogP contribution in [0.3, 0.4) is 0 Å². The van der Waals surface area contributed by atoms with Crippen LogP contribution in [-0.4, -0.2) is 54.3 Å². The van der Waals surface area contributed by atoms with Crippen LogP contribution in [0.4, 0.5) is 16.2 Å². The van der Waals surface area contributed by atoms with E-state index in [1.165, 1.54) is 0 Å². The molecule has 3 amide bonds. The van der Waals surface area contributed by atoms with Crippen LogP contribution in [0.1, 0.15) is 26.5 Å². The lowest BCUT2D eigenvalue weighted by Crippen LogP contribution is -2.47. The molecule has 9 nitrogen and oxygen atoms in total. The lowest BCUT2D eigenvalue weighted by molar-refractivity contribution is -0.125. The highest BCUT2D eigenvalue weighted by Gasteiger charge is 2.26. The molecule has 1 atom stereocenters. The third-order valence-corrected chi connectivity index (χ3v) is 5.45. The van der Waals surface area contributed by atoms with Crippen LogP contribution in [0.25, 0.3) is 10.9 Å². The van der Waals surface area contributed by atoms with Crippen molar-refractivity contribution in [1.82, 2.24) is 10.3 Å². The highest BCUT2D eigenvalue weighted by Crippen LogP contribution is 2.21. The molecule has 1 saturated heterocycles. The Morgan fingerprint density at radius 2 is 1.89 bits per heavy atom. The lowest BCUT2D eigenvalue weighted by Gasteiger charge is -2.27. The minimum Gasteiger partial charge on any atom is -0.444 e. The molecule has 0 radical (unpaired) electrons. The number of nitrogens with one attached hydrogen (secondary N) is 3. The van der Waals surface area contributed by atoms with Crippen molar-refractivity contribution in [1.29, 1.82) is 0 Å². The van der Waals surface area contributed by atoms with Crippen molar-refractivity contribution in [2.24, 2.45) is 0 Å². The molecular weight excluding hydrogens is 448 g/mol. The van der Waals surface area contributed by atoms with Crippen LogP contribution >= 0.6 is 0 Å². The molecule has 0 saturated carbocycles. The Kier molecular flexibility index (Phi) is 7.07. The molecule has 35 heavy (non-hydrogen) atoms. The second-order valence-electron chi connectivity index (χ2n) is 9.42. The summed E-state index contributed by atoms with van der Waals surface area (Å²) in [5.74, 6) is -0.488. The number of morpholine rings is 1. The van der Waals surface area contributed by atoms with Gasteiger partial charge >= 0.3 is 6.09 Å². The first-order valence-electron chi connectivity index (χ1n) is 11.5. The van der Waals surface area contributed by atoms with E-state index in [0.717, 1.165) is 22.3 Å². The van der Waals surface area contributed by atoms with Gasteiger partial charge in [0.25, 0.3) is 5.91 Å². The van der Waals surface area contributed by atoms with E-state index in [2.05, 4.69) is 15.6 Å². The number of aromatic amines is 1. The molecular formula is C26H30N4O5. The lowest BCUT2D eigenvalue weighted by atomic mass is 10.1. The summed E-state index contributed by atoms with van der Waals surface area (Å²) in [5, 5.41) is 6.57. The predicted molar refractivity (Wildman–Crippen MR) is 133 cm³/mol. The molecule has 0 aliphatic carbocycles. The van der Waals surface area contributed by atoms with E-state index < -0.39 is 17.7 Å². The molecule has 0 unspecified atom stereocenters. The second-order valence-corrected chi connectivity index (χ2v) is 9.42. The SMILES string of the molecule is CC(C)(C)OC(=O)N[C@H](Cc1cc2ccccc2[nH]1)C(=O)Nc1ccc(N2CCOCC2=O)cc1. The van der Waals surface area contributed by atoms with E-state index in [1.807, 2.05) is 30.3 Å². The molecule has 0 spiro atoms. The van der Waals surface area contributed by atoms with Gasteiger partial charge in [-0.25, -0.2) is 4.79 Å². The molecule has 184 valence electrons. The first-order valence-corrected chi connectivity index (χ1v) is 11.5. The largest absolute Gasteiger partial charge is 0.444 e. The van der Waals surface area contributed by atoms with Crippen molar-refractivity contribution < 1.29 is 23.9 Å². The van der Waals surface area contributed by atoms with Crippen LogP contribution in [-0.2, 0) is 25.5 Å². The van der Waals surface area contributed by atoms with Crippen molar-refractivity contribution in [3.8, 4) is 0 Å². The van der Waals surface area contributed by atoms with Gasteiger partial charge < -0.3 is 30.0 Å². The topological polar surface area (TPSA) is 113 Å². The summed E-state index contributed by atoms with van der Waals surface area (Å²) in [7, 11) is 0. The van der Waals surface area contributed by atoms with Gasteiger partial charge in [-0.1, -0.05) is 18.2 Å². The van der Waals surface area contributed by atoms with Gasteiger partial charge in [0.2, 0.25) is 5.91 Å². The summed E-state index contributed by atoms with van der Waals surface area (Å²) in [4.78, 5) is 42.7. The summed E-state index contributed by atoms with van der Waals surface area (Å²) >= 11 is 0. The number of rotatable bonds is 6. The van der Waals surface area contributed by atoms with Gasteiger partial charge in [0, 0.05) is 35.6 Å². The average Bonchev–Trinajstić information content (AvgIpc) is 3.21. The Morgan fingerprint density at radius 3 is 2.57 bits per heavy atom. The molecule has 2 heterocycles. The quantitative estimate of drug-likeness (QED) is 0.501. The third kappa shape index (κ3) is 6.39. The van der Waals surface area contributed by atoms with Crippen LogP contribution in [0.2, 0.25) is 0 Å². The number of hydrogen-bond donors (Lipinski definition) is 3. The van der Waals surface area contributed by atoms with E-state index in [9.17, 15) is 14.4 Å². The summed E-state index contributed by atoms with van der Waals surface area (Å²) < 4.78 is 10.5. The summed E-state index contributed by atoms with van der Waals surface area (Å²) in [6.07, 6.45) is -0.421. The van der Waals surface area contributed by atoms with Gasteiger partial charge in [-0.05, 0) is 62.6 Å². The third-order valence-electron chi connectivity index (χ3n) is 5.45. The van der Waals surface area contributed by atoms with Crippen LogP contribution in [0, 0.1) is 0 Å². The number of alkyl carbamates (subject to hydrolysis) is 1. The number of carbonyl (C=O) groups excluding carboxylic acids is 3. The predicted octanol–water partition coefficient (Wildman–Crippen LogP) is 3.61. The number of anilines is 2. The number of amides is 3. The first-order chi connectivity index (χ1) is 16.7. The van der Waals surface area contributed by atoms with Crippen LogP contribution < -0.4 is 15.5 Å². The van der Waals surface area contributed by atoms with E-state index in [0.29, 0.717) is 18.8 Å². The average molecular weight is 479 g/mol. The minimum atomic E-state index is -0.876. The Balaban J connectivity index is 1.48. The van der Waals surface area contributed by atoms with Crippen LogP contribution in [0.15, 0.2) is 54.6 Å². The normalized spacial score (nSPS) is 15.1. The maximum Gasteiger partial charge on any atom is 0.408 e. The molecule has 1 aliphatic rings. The number of hydrogen-bond acceptors (Lipinski definition) is 5. The van der Waals surface area contributed by atoms with Crippen molar-refractivity contribution in [2.75, 3.05) is 30.0 Å². The summed E-state index contributed by atoms with van der Waals surface area (Å²) in [5.41, 5.74) is 2.35. The molecule has 2 aromatic carbocycles. The maximum atomic E-state index is 13.2. The number of ether oxygens (including phenoxy) is 2. The van der Waals surface area contributed by atoms with Gasteiger partial charge in [0.05, 0.1) is 6.61 Å². The molecule has 0 bridgehead atoms. The van der Waals surface area contributed by atoms with Crippen molar-refractivity contribution >= 4 is 40.2 Å². The van der Waals surface area contributed by atoms with Gasteiger partial charge in [0.1, 0.15) is 18.2 Å². The van der Waals surface area contributed by atoms with E-state index >= 15 is 0 Å². The van der Waals surface area contributed by atoms with Crippen molar-refractivity contribution in [3.63, 3.8) is 0 Å². The van der Waals surface area contributed by atoms with Crippen LogP contribution in [0.5, 0.6) is 0 Å². The fourth-order valence-electron chi connectivity index (χ4n) is 3.87. The highest BCUT2D eigenvalue weighted by atomic mass is 16.6. The Hall–Kier alpha value is -3.85. The first kappa shape index (κ1) is 24.3. The number of fused-ring (bicyclic) bond motifs is 1. The number of carbonyl (C=O) groups is 3. The van der Waals surface area contributed by atoms with Gasteiger partial charge in [0.15, 0.2) is 0 Å². The molecule has 4 rings (SSSR count). The maximum absolute atomic E-state index is 13.2. The smallest absolute Gasteiger partial charge is 0.408 e. The van der Waals surface area contributed by atoms with E-state index in [1.54, 1.807) is 49.9 Å². The van der Waals surface area contributed by atoms with Crippen molar-refractivity contribution in [2.45, 2.75) is 38.8 Å². The highest BCUT2D eigenvalue weighted by molar-refractivity contribution is 5.98. The van der Waals surface area contributed by atoms with Gasteiger partial charge in [-0.3, -0.25) is 9.59 Å². The molecule has 3 aromatic rings. The zero-order valence-electron chi connectivity index (χ0n) is 20.1. The minimum absolute atomic E-state index is 0.0598. The zero-order chi connectivity index (χ0) is 25.0. The zero-order valence-corrected chi connectivity index (χ0v) is 20.1. The number of aromatic nitrogens is 1. The molecule has 9 heteroatoms. The number of benzene rings is 2. The Morgan fingerprint density at radius 1 is 1.14 bits per heavy atom. The second kappa shape index (κ2) is 10.2. The fraction of sp³-hybridized carbons (Fsp3) is 0.346. The number of nitrogens with zero attached hydrogens (tertiary/aromatic N) is 1. The van der Waals surface area contributed by atoms with Crippen molar-refractivity contribution in [3.05, 3.63) is 60.3 Å². The van der Waals surface area contributed by atoms with Gasteiger partial charge in [-0.2, -0.15) is 0 Å². The number of H-pyrrole nitrogens is 1. The van der Waals surface area contributed by atoms with E-state index in [4.69, 9.17) is 9.47 Å². The fourth-order valence-corrected chi connectivity index (χ4v) is 3.87. The summed E-state index contributed by atoms with van der Waals surface area (Å²) in [6, 6.07) is 15.9. The molecule has 3 N–H and O–H groups in total. The molecule has 1 aliphatic heterocycles. The Labute approximate surface area is 203 Å². The standard InChI is InChI=1S/C26H30N4O5/c1-26(2,3)35-25(33)29-22(15-19-14-17-6-4-5-7-21(17)27-19)24(32)28-18-8-10-20(11-9-18)30-12-13-34-16-23(30)31/h4-11,14,22,27H,12-13,15-16H2,1-3H3,(H,28,32)(H,29,33)/t22-/m1/s1. The molecule has 1 aromatic heterocycles. The number of para-hydroxylation sites is 1. The van der Waals surface area contributed by atoms with Gasteiger partial charge in [-0.15, -0.1) is 0 Å².